The number of methoxy groups -OCH3 is 2. The van der Waals surface area contributed by atoms with Gasteiger partial charge in [0, 0.05) is 25.2 Å². The monoisotopic (exact) mass is 372 g/mol. The van der Waals surface area contributed by atoms with E-state index in [9.17, 15) is 18.3 Å². The smallest absolute Gasteiger partial charge is 0.318 e. The van der Waals surface area contributed by atoms with Crippen LogP contribution in [0.3, 0.4) is 0 Å². The third-order valence-corrected chi connectivity index (χ3v) is 5.86. The second kappa shape index (κ2) is 8.39. The van der Waals surface area contributed by atoms with Gasteiger partial charge >= 0.3 is 6.03 Å². The molecule has 0 bridgehead atoms. The average molecular weight is 372 g/mol. The van der Waals surface area contributed by atoms with E-state index in [-0.39, 0.29) is 31.2 Å². The van der Waals surface area contributed by atoms with E-state index >= 15 is 0 Å². The van der Waals surface area contributed by atoms with Crippen LogP contribution in [0.5, 0.6) is 11.5 Å². The van der Waals surface area contributed by atoms with Gasteiger partial charge in [-0.2, -0.15) is 0 Å². The summed E-state index contributed by atoms with van der Waals surface area (Å²) in [7, 11) is -0.0292. The Kier molecular flexibility index (Phi) is 6.49. The number of urea groups is 1. The Labute approximate surface area is 147 Å². The first-order chi connectivity index (χ1) is 11.9. The molecule has 25 heavy (non-hydrogen) atoms. The van der Waals surface area contributed by atoms with Crippen LogP contribution in [0.2, 0.25) is 0 Å². The predicted octanol–water partition coefficient (Wildman–Crippen LogP) is 0.395. The molecular formula is C16H24N2O6S. The number of ether oxygens (including phenoxy) is 2. The highest BCUT2D eigenvalue weighted by Gasteiger charge is 2.34. The van der Waals surface area contributed by atoms with E-state index in [1.165, 1.54) is 4.90 Å². The van der Waals surface area contributed by atoms with Crippen molar-refractivity contribution in [3.63, 3.8) is 0 Å². The molecule has 0 unspecified atom stereocenters. The Morgan fingerprint density at radius 1 is 1.28 bits per heavy atom. The zero-order valence-electron chi connectivity index (χ0n) is 14.4. The molecule has 1 atom stereocenters. The maximum absolute atomic E-state index is 12.5. The summed E-state index contributed by atoms with van der Waals surface area (Å²) in [6, 6.07) is 4.47. The van der Waals surface area contributed by atoms with Crippen molar-refractivity contribution in [2.75, 3.05) is 38.9 Å². The van der Waals surface area contributed by atoms with Crippen molar-refractivity contribution in [1.29, 1.82) is 0 Å². The van der Waals surface area contributed by atoms with Crippen LogP contribution < -0.4 is 14.8 Å². The molecule has 140 valence electrons. The molecule has 2 N–H and O–H groups in total. The molecular weight excluding hydrogens is 348 g/mol. The first-order valence-electron chi connectivity index (χ1n) is 7.96. The minimum Gasteiger partial charge on any atom is -0.497 e. The van der Waals surface area contributed by atoms with E-state index in [0.717, 1.165) is 5.56 Å². The van der Waals surface area contributed by atoms with Gasteiger partial charge in [-0.1, -0.05) is 0 Å². The zero-order valence-corrected chi connectivity index (χ0v) is 15.2. The molecule has 9 heteroatoms. The van der Waals surface area contributed by atoms with Gasteiger partial charge in [0.25, 0.3) is 0 Å². The first-order valence-corrected chi connectivity index (χ1v) is 9.78. The Bertz CT molecular complexity index is 684. The van der Waals surface area contributed by atoms with Gasteiger partial charge in [0.2, 0.25) is 0 Å². The van der Waals surface area contributed by atoms with Crippen molar-refractivity contribution in [1.82, 2.24) is 10.2 Å². The summed E-state index contributed by atoms with van der Waals surface area (Å²) in [6.07, 6.45) is 0.392. The summed E-state index contributed by atoms with van der Waals surface area (Å²) >= 11 is 0. The Balaban J connectivity index is 2.04. The second-order valence-corrected chi connectivity index (χ2v) is 8.08. The number of sulfone groups is 1. The number of rotatable bonds is 7. The number of amides is 2. The molecule has 1 saturated heterocycles. The third kappa shape index (κ3) is 5.23. The number of nitrogens with zero attached hydrogens (tertiary/aromatic N) is 1. The van der Waals surface area contributed by atoms with Crippen LogP contribution in [0.25, 0.3) is 0 Å². The van der Waals surface area contributed by atoms with Crippen molar-refractivity contribution >= 4 is 15.9 Å². The normalized spacial score (nSPS) is 18.6. The number of aliphatic hydroxyl groups excluding tert-OH is 1. The van der Waals surface area contributed by atoms with Crippen molar-refractivity contribution in [3.8, 4) is 11.5 Å². The molecule has 0 aliphatic carbocycles. The Morgan fingerprint density at radius 3 is 2.40 bits per heavy atom. The summed E-state index contributed by atoms with van der Waals surface area (Å²) in [6.45, 7) is 0.0954. The molecule has 1 aromatic rings. The third-order valence-electron chi connectivity index (χ3n) is 4.11. The molecule has 1 aliphatic heterocycles. The van der Waals surface area contributed by atoms with E-state index in [0.29, 0.717) is 17.9 Å². The SMILES string of the molecule is COc1cc(CNC(=O)N(CCO)[C@@H]2CCS(=O)(=O)C2)cc(OC)c1. The topological polar surface area (TPSA) is 105 Å². The highest BCUT2D eigenvalue weighted by Crippen LogP contribution is 2.22. The van der Waals surface area contributed by atoms with E-state index in [1.54, 1.807) is 32.4 Å². The number of carbonyl (C=O) groups is 1. The highest BCUT2D eigenvalue weighted by atomic mass is 32.2. The van der Waals surface area contributed by atoms with Crippen LogP contribution >= 0.6 is 0 Å². The summed E-state index contributed by atoms with van der Waals surface area (Å²) in [5.74, 6) is 1.23. The van der Waals surface area contributed by atoms with E-state index in [1.807, 2.05) is 0 Å². The van der Waals surface area contributed by atoms with Gasteiger partial charge in [-0.3, -0.25) is 0 Å². The summed E-state index contributed by atoms with van der Waals surface area (Å²) in [4.78, 5) is 13.9. The molecule has 1 fully saturated rings. The van der Waals surface area contributed by atoms with Gasteiger partial charge in [0.05, 0.1) is 32.3 Å². The molecule has 8 nitrogen and oxygen atoms in total. The fourth-order valence-corrected chi connectivity index (χ4v) is 4.56. The number of hydrogen-bond donors (Lipinski definition) is 2. The van der Waals surface area contributed by atoms with Crippen molar-refractivity contribution in [2.24, 2.45) is 0 Å². The largest absolute Gasteiger partial charge is 0.497 e. The van der Waals surface area contributed by atoms with Crippen LogP contribution in [0, 0.1) is 0 Å². The standard InChI is InChI=1S/C16H24N2O6S/c1-23-14-7-12(8-15(9-14)24-2)10-17-16(20)18(4-5-19)13-3-6-25(21,22)11-13/h7-9,13,19H,3-6,10-11H2,1-2H3,(H,17,20)/t13-/m1/s1. The number of benzene rings is 1. The number of nitrogens with one attached hydrogen (secondary N) is 1. The van der Waals surface area contributed by atoms with Gasteiger partial charge in [-0.05, 0) is 24.1 Å². The minimum atomic E-state index is -3.11. The quantitative estimate of drug-likeness (QED) is 0.718. The zero-order chi connectivity index (χ0) is 18.4. The summed E-state index contributed by atoms with van der Waals surface area (Å²) < 4.78 is 33.7. The minimum absolute atomic E-state index is 0.0621. The van der Waals surface area contributed by atoms with Gasteiger partial charge in [0.1, 0.15) is 11.5 Å². The lowest BCUT2D eigenvalue weighted by Gasteiger charge is -2.27. The fraction of sp³-hybridized carbons (Fsp3) is 0.562. The molecule has 0 spiro atoms. The van der Waals surface area contributed by atoms with Crippen molar-refractivity contribution < 1.29 is 27.8 Å². The van der Waals surface area contributed by atoms with Crippen LogP contribution in [0.1, 0.15) is 12.0 Å². The van der Waals surface area contributed by atoms with E-state index < -0.39 is 21.9 Å². The number of carbonyl (C=O) groups excluding carboxylic acids is 1. The van der Waals surface area contributed by atoms with Crippen LogP contribution in [-0.2, 0) is 16.4 Å². The summed E-state index contributed by atoms with van der Waals surface area (Å²) in [5, 5.41) is 12.0. The van der Waals surface area contributed by atoms with Crippen molar-refractivity contribution in [3.05, 3.63) is 23.8 Å². The van der Waals surface area contributed by atoms with Gasteiger partial charge in [0.15, 0.2) is 9.84 Å². The number of hydrogen-bond acceptors (Lipinski definition) is 6. The summed E-state index contributed by atoms with van der Waals surface area (Å²) in [5.41, 5.74) is 0.785. The maximum Gasteiger partial charge on any atom is 0.318 e. The molecule has 1 aromatic carbocycles. The van der Waals surface area contributed by atoms with Crippen LogP contribution in [0.4, 0.5) is 4.79 Å². The van der Waals surface area contributed by atoms with Gasteiger partial charge in [-0.25, -0.2) is 13.2 Å². The van der Waals surface area contributed by atoms with E-state index in [4.69, 9.17) is 9.47 Å². The molecule has 0 saturated carbocycles. The molecule has 0 aromatic heterocycles. The highest BCUT2D eigenvalue weighted by molar-refractivity contribution is 7.91. The lowest BCUT2D eigenvalue weighted by atomic mass is 10.2. The van der Waals surface area contributed by atoms with Crippen LogP contribution in [0.15, 0.2) is 18.2 Å². The lowest BCUT2D eigenvalue weighted by molar-refractivity contribution is 0.157. The Morgan fingerprint density at radius 2 is 1.92 bits per heavy atom. The average Bonchev–Trinajstić information content (AvgIpc) is 2.96. The van der Waals surface area contributed by atoms with Gasteiger partial charge in [-0.15, -0.1) is 0 Å². The fourth-order valence-electron chi connectivity index (χ4n) is 2.83. The van der Waals surface area contributed by atoms with Crippen LogP contribution in [-0.4, -0.2) is 69.4 Å². The molecule has 1 heterocycles. The van der Waals surface area contributed by atoms with Crippen molar-refractivity contribution in [2.45, 2.75) is 19.0 Å². The molecule has 2 amide bonds. The predicted molar refractivity (Wildman–Crippen MR) is 92.6 cm³/mol. The maximum atomic E-state index is 12.5. The number of aliphatic hydroxyl groups is 1. The molecule has 2 rings (SSSR count). The van der Waals surface area contributed by atoms with Gasteiger partial charge < -0.3 is 24.8 Å². The van der Waals surface area contributed by atoms with E-state index in [2.05, 4.69) is 5.32 Å². The molecule has 0 radical (unpaired) electrons. The second-order valence-electron chi connectivity index (χ2n) is 5.85. The Hall–Kier alpha value is -2.00. The lowest BCUT2D eigenvalue weighted by Crippen LogP contribution is -2.47. The first kappa shape index (κ1) is 19.3. The molecule has 1 aliphatic rings.